The van der Waals surface area contributed by atoms with Crippen molar-refractivity contribution in [2.75, 3.05) is 4.90 Å². The fraction of sp³-hybridized carbons (Fsp3) is 0.0476. The second-order valence-electron chi connectivity index (χ2n) is 6.47. The molecule has 146 valence electrons. The number of amides is 1. The van der Waals surface area contributed by atoms with E-state index in [4.69, 9.17) is 0 Å². The number of benzene rings is 3. The van der Waals surface area contributed by atoms with Gasteiger partial charge in [-0.2, -0.15) is 0 Å². The fourth-order valence-electron chi connectivity index (χ4n) is 3.29. The van der Waals surface area contributed by atoms with Gasteiger partial charge in [-0.05, 0) is 36.4 Å². The molecule has 1 amide bonds. The lowest BCUT2D eigenvalue weighted by atomic mass is 10.1. The van der Waals surface area contributed by atoms with E-state index in [1.165, 1.54) is 48.5 Å². The van der Waals surface area contributed by atoms with Crippen LogP contribution >= 0.6 is 0 Å². The second-order valence-corrected chi connectivity index (χ2v) is 8.36. The Morgan fingerprint density at radius 2 is 1.66 bits per heavy atom. The second kappa shape index (κ2) is 6.82. The van der Waals surface area contributed by atoms with Gasteiger partial charge in [0.2, 0.25) is 9.84 Å². The van der Waals surface area contributed by atoms with Gasteiger partial charge < -0.3 is 10.0 Å². The van der Waals surface area contributed by atoms with Gasteiger partial charge in [0.15, 0.2) is 0 Å². The third-order valence-electron chi connectivity index (χ3n) is 4.72. The van der Waals surface area contributed by atoms with Crippen LogP contribution < -0.4 is 4.90 Å². The molecular formula is C21H14FNO5S. The Balaban J connectivity index is 2.01. The highest BCUT2D eigenvalue weighted by atomic mass is 32.2. The molecule has 0 aromatic heterocycles. The Morgan fingerprint density at radius 1 is 0.966 bits per heavy atom. The molecule has 1 heterocycles. The molecule has 1 aliphatic rings. The van der Waals surface area contributed by atoms with Crippen LogP contribution in [-0.4, -0.2) is 25.4 Å². The minimum Gasteiger partial charge on any atom is -0.478 e. The molecule has 6 nitrogen and oxygen atoms in total. The van der Waals surface area contributed by atoms with E-state index in [0.29, 0.717) is 0 Å². The fourth-order valence-corrected chi connectivity index (χ4v) is 4.92. The highest BCUT2D eigenvalue weighted by Gasteiger charge is 2.36. The molecule has 0 fully saturated rings. The maximum atomic E-state index is 14.3. The average molecular weight is 411 g/mol. The van der Waals surface area contributed by atoms with E-state index in [1.54, 1.807) is 6.07 Å². The zero-order valence-electron chi connectivity index (χ0n) is 14.9. The number of halogens is 1. The summed E-state index contributed by atoms with van der Waals surface area (Å²) in [5.74, 6) is -2.49. The molecular weight excluding hydrogens is 397 g/mol. The highest BCUT2D eigenvalue weighted by Crippen LogP contribution is 2.38. The topological polar surface area (TPSA) is 91.8 Å². The average Bonchev–Trinajstić information content (AvgIpc) is 2.78. The summed E-state index contributed by atoms with van der Waals surface area (Å²) >= 11 is 0. The lowest BCUT2D eigenvalue weighted by Gasteiger charge is -2.23. The number of sulfone groups is 1. The number of hydrogen-bond donors (Lipinski definition) is 1. The van der Waals surface area contributed by atoms with E-state index in [1.807, 2.05) is 0 Å². The smallest absolute Gasteiger partial charge is 0.335 e. The van der Waals surface area contributed by atoms with Crippen molar-refractivity contribution >= 4 is 27.4 Å². The number of rotatable bonds is 3. The van der Waals surface area contributed by atoms with Gasteiger partial charge in [-0.25, -0.2) is 17.6 Å². The van der Waals surface area contributed by atoms with Crippen LogP contribution in [0.15, 0.2) is 76.5 Å². The Morgan fingerprint density at radius 3 is 2.38 bits per heavy atom. The van der Waals surface area contributed by atoms with Crippen molar-refractivity contribution in [2.45, 2.75) is 16.3 Å². The van der Waals surface area contributed by atoms with Gasteiger partial charge in [-0.3, -0.25) is 4.79 Å². The van der Waals surface area contributed by atoms with Gasteiger partial charge in [0.05, 0.1) is 33.2 Å². The van der Waals surface area contributed by atoms with E-state index in [0.717, 1.165) is 17.0 Å². The Kier molecular flexibility index (Phi) is 4.43. The summed E-state index contributed by atoms with van der Waals surface area (Å²) in [6, 6.07) is 15.0. The molecule has 29 heavy (non-hydrogen) atoms. The van der Waals surface area contributed by atoms with Crippen LogP contribution in [0, 0.1) is 5.82 Å². The van der Waals surface area contributed by atoms with Gasteiger partial charge in [0.1, 0.15) is 5.82 Å². The first-order valence-electron chi connectivity index (χ1n) is 8.57. The quantitative estimate of drug-likeness (QED) is 0.712. The van der Waals surface area contributed by atoms with Crippen molar-refractivity contribution in [3.05, 3.63) is 89.2 Å². The first kappa shape index (κ1) is 18.8. The first-order valence-corrected chi connectivity index (χ1v) is 10.1. The van der Waals surface area contributed by atoms with Crippen molar-refractivity contribution < 1.29 is 27.5 Å². The predicted octanol–water partition coefficient (Wildman–Crippen LogP) is 3.52. The third kappa shape index (κ3) is 3.07. The molecule has 0 saturated heterocycles. The monoisotopic (exact) mass is 411 g/mol. The summed E-state index contributed by atoms with van der Waals surface area (Å²) in [7, 11) is -4.10. The molecule has 8 heteroatoms. The number of anilines is 1. The van der Waals surface area contributed by atoms with Crippen molar-refractivity contribution in [3.8, 4) is 0 Å². The molecule has 3 aromatic carbocycles. The largest absolute Gasteiger partial charge is 0.478 e. The Labute approximate surface area is 165 Å². The van der Waals surface area contributed by atoms with E-state index in [9.17, 15) is 27.5 Å². The van der Waals surface area contributed by atoms with Gasteiger partial charge in [-0.15, -0.1) is 0 Å². The number of aromatic carboxylic acids is 1. The summed E-state index contributed by atoms with van der Waals surface area (Å²) in [5.41, 5.74) is -0.174. The van der Waals surface area contributed by atoms with E-state index < -0.39 is 27.5 Å². The van der Waals surface area contributed by atoms with Crippen LogP contribution in [0.3, 0.4) is 0 Å². The zero-order chi connectivity index (χ0) is 20.8. The van der Waals surface area contributed by atoms with Crippen LogP contribution in [0.4, 0.5) is 10.1 Å². The molecule has 0 atom stereocenters. The van der Waals surface area contributed by atoms with Crippen LogP contribution in [0.2, 0.25) is 0 Å². The molecule has 3 aromatic rings. The minimum atomic E-state index is -4.10. The number of fused-ring (bicyclic) bond motifs is 2. The first-order chi connectivity index (χ1) is 13.8. The summed E-state index contributed by atoms with van der Waals surface area (Å²) in [6.07, 6.45) is 0. The number of carbonyl (C=O) groups excluding carboxylic acids is 1. The summed E-state index contributed by atoms with van der Waals surface area (Å²) in [6.45, 7) is -0.258. The van der Waals surface area contributed by atoms with E-state index >= 15 is 0 Å². The van der Waals surface area contributed by atoms with E-state index in [-0.39, 0.29) is 38.7 Å². The van der Waals surface area contributed by atoms with Crippen LogP contribution in [0.5, 0.6) is 0 Å². The van der Waals surface area contributed by atoms with Crippen molar-refractivity contribution in [1.82, 2.24) is 0 Å². The number of carbonyl (C=O) groups is 2. The summed E-state index contributed by atoms with van der Waals surface area (Å²) in [4.78, 5) is 25.4. The molecule has 0 radical (unpaired) electrons. The molecule has 1 aliphatic heterocycles. The molecule has 0 saturated carbocycles. The van der Waals surface area contributed by atoms with Crippen LogP contribution in [-0.2, 0) is 16.4 Å². The SMILES string of the molecule is O=C(O)c1ccc2c(c1)N(Cc1ccccc1F)C(=O)c1ccccc1S2(=O)=O. The summed E-state index contributed by atoms with van der Waals surface area (Å²) < 4.78 is 40.7. The zero-order valence-corrected chi connectivity index (χ0v) is 15.7. The number of nitrogens with zero attached hydrogens (tertiary/aromatic N) is 1. The normalized spacial score (nSPS) is 14.7. The van der Waals surface area contributed by atoms with Crippen LogP contribution in [0.25, 0.3) is 0 Å². The Hall–Kier alpha value is -3.52. The maximum absolute atomic E-state index is 14.3. The number of hydrogen-bond acceptors (Lipinski definition) is 4. The van der Waals surface area contributed by atoms with Gasteiger partial charge in [0.25, 0.3) is 5.91 Å². The summed E-state index contributed by atoms with van der Waals surface area (Å²) in [5, 5.41) is 9.33. The lowest BCUT2D eigenvalue weighted by molar-refractivity contribution is 0.0696. The number of carboxylic acid groups (broad SMARTS) is 1. The Bertz CT molecular complexity index is 1270. The van der Waals surface area contributed by atoms with E-state index in [2.05, 4.69) is 0 Å². The lowest BCUT2D eigenvalue weighted by Crippen LogP contribution is -2.31. The maximum Gasteiger partial charge on any atom is 0.335 e. The standard InChI is InChI=1S/C21H14FNO5S/c22-16-7-3-1-5-14(16)12-23-17-11-13(21(25)26)9-10-19(17)29(27,28)18-8-4-2-6-15(18)20(23)24/h1-11H,12H2,(H,25,26). The third-order valence-corrected chi connectivity index (χ3v) is 6.58. The highest BCUT2D eigenvalue weighted by molar-refractivity contribution is 7.91. The van der Waals surface area contributed by atoms with Gasteiger partial charge in [-0.1, -0.05) is 30.3 Å². The number of carboxylic acids is 1. The molecule has 4 rings (SSSR count). The molecule has 0 aliphatic carbocycles. The molecule has 0 spiro atoms. The van der Waals surface area contributed by atoms with Crippen molar-refractivity contribution in [1.29, 1.82) is 0 Å². The van der Waals surface area contributed by atoms with Crippen molar-refractivity contribution in [2.24, 2.45) is 0 Å². The van der Waals surface area contributed by atoms with Gasteiger partial charge in [0, 0.05) is 5.56 Å². The predicted molar refractivity (Wildman–Crippen MR) is 102 cm³/mol. The molecule has 0 bridgehead atoms. The molecule has 0 unspecified atom stereocenters. The van der Waals surface area contributed by atoms with Crippen molar-refractivity contribution in [3.63, 3.8) is 0 Å². The van der Waals surface area contributed by atoms with Crippen LogP contribution in [0.1, 0.15) is 26.3 Å². The minimum absolute atomic E-state index is 0.0584. The molecule has 1 N–H and O–H groups in total. The van der Waals surface area contributed by atoms with Gasteiger partial charge >= 0.3 is 5.97 Å².